The molecule has 0 bridgehead atoms. The Morgan fingerprint density at radius 3 is 2.58 bits per heavy atom. The van der Waals surface area contributed by atoms with E-state index >= 15 is 0 Å². The number of nitrogens with zero attached hydrogens (tertiary/aromatic N) is 2. The summed E-state index contributed by atoms with van der Waals surface area (Å²) in [5.41, 5.74) is -0.190. The summed E-state index contributed by atoms with van der Waals surface area (Å²) in [5, 5.41) is 16.5. The van der Waals surface area contributed by atoms with Gasteiger partial charge in [-0.05, 0) is 36.8 Å². The van der Waals surface area contributed by atoms with Gasteiger partial charge in [-0.2, -0.15) is 0 Å². The predicted octanol–water partition coefficient (Wildman–Crippen LogP) is -1.74. The molecule has 2 atom stereocenters. The van der Waals surface area contributed by atoms with Gasteiger partial charge in [-0.25, -0.2) is 4.39 Å². The monoisotopic (exact) mass is 524 g/mol. The molecule has 0 saturated carbocycles. The van der Waals surface area contributed by atoms with E-state index in [0.717, 1.165) is 17.4 Å². The Morgan fingerprint density at radius 2 is 1.94 bits per heavy atom. The van der Waals surface area contributed by atoms with E-state index < -0.39 is 36.3 Å². The van der Waals surface area contributed by atoms with Crippen LogP contribution in [0, 0.1) is 5.82 Å². The largest absolute Gasteiger partial charge is 1.00 e. The molecule has 1 saturated heterocycles. The summed E-state index contributed by atoms with van der Waals surface area (Å²) in [6.07, 6.45) is 1.60. The molecular formula is C23H19ClFLiN4O5S. The maximum absolute atomic E-state index is 14.7. The van der Waals surface area contributed by atoms with E-state index in [1.54, 1.807) is 24.3 Å². The second-order valence-electron chi connectivity index (χ2n) is 7.89. The average Bonchev–Trinajstić information content (AvgIpc) is 3.41. The number of rotatable bonds is 7. The van der Waals surface area contributed by atoms with E-state index in [-0.39, 0.29) is 54.7 Å². The summed E-state index contributed by atoms with van der Waals surface area (Å²) < 4.78 is 16.4. The first-order chi connectivity index (χ1) is 16.7. The van der Waals surface area contributed by atoms with Crippen LogP contribution in [-0.2, 0) is 9.59 Å². The third-order valence-corrected chi connectivity index (χ3v) is 6.71. The number of aliphatic carboxylic acids is 1. The number of thiophene rings is 1. The Hall–Kier alpha value is -2.94. The van der Waals surface area contributed by atoms with Crippen LogP contribution in [0.2, 0.25) is 4.34 Å². The zero-order valence-corrected chi connectivity index (χ0v) is 20.6. The molecule has 4 rings (SSSR count). The van der Waals surface area contributed by atoms with Gasteiger partial charge in [0, 0.05) is 37.5 Å². The molecule has 1 aliphatic rings. The quantitative estimate of drug-likeness (QED) is 0.354. The number of carbonyl (C=O) groups excluding carboxylic acids is 3. The van der Waals surface area contributed by atoms with Gasteiger partial charge in [0.2, 0.25) is 5.91 Å². The van der Waals surface area contributed by atoms with Gasteiger partial charge in [0.15, 0.2) is 0 Å². The fraction of sp³-hybridized carbons (Fsp3) is 0.217. The van der Waals surface area contributed by atoms with Gasteiger partial charge in [-0.15, -0.1) is 11.3 Å². The van der Waals surface area contributed by atoms with E-state index in [1.165, 1.54) is 33.9 Å². The van der Waals surface area contributed by atoms with E-state index in [9.17, 15) is 28.7 Å². The number of benzene rings is 1. The molecule has 3 aromatic rings. The standard InChI is InChI=1S/C23H20ClFN4O5S.Li/c24-19-7-6-18(35-19)23(34)26-13-9-17(28(11-13)12-21(31)32)22(33)27-16-5-4-14(10-15(16)25)29-8-2-1-3-20(29)30;/h1-8,10,13,17H,9,11-12H2,(H,26,34)(H,27,33)(H,31,32);/q;+1/p-1/t13?,17-;/m0./s1. The van der Waals surface area contributed by atoms with Crippen molar-refractivity contribution in [3.8, 4) is 5.69 Å². The number of nitrogens with one attached hydrogen (secondary N) is 2. The van der Waals surface area contributed by atoms with Gasteiger partial charge in [-0.1, -0.05) is 17.7 Å². The fourth-order valence-corrected chi connectivity index (χ4v) is 4.87. The second kappa shape index (κ2) is 11.9. The third kappa shape index (κ3) is 6.43. The number of halogens is 2. The Morgan fingerprint density at radius 1 is 1.17 bits per heavy atom. The molecule has 2 amide bonds. The SMILES string of the molecule is O=C([O-])CN1CC(NC(=O)c2ccc(Cl)s2)C[C@H]1C(=O)Nc1ccc(-n2ccccc2=O)cc1F.[Li+]. The van der Waals surface area contributed by atoms with Crippen LogP contribution < -0.4 is 40.2 Å². The van der Waals surface area contributed by atoms with Crippen LogP contribution in [0.4, 0.5) is 10.1 Å². The number of pyridine rings is 1. The first-order valence-corrected chi connectivity index (χ1v) is 11.7. The molecule has 36 heavy (non-hydrogen) atoms. The topological polar surface area (TPSA) is 124 Å². The number of anilines is 1. The number of hydrogen-bond donors (Lipinski definition) is 2. The van der Waals surface area contributed by atoms with E-state index in [2.05, 4.69) is 10.6 Å². The third-order valence-electron chi connectivity index (χ3n) is 5.48. The van der Waals surface area contributed by atoms with Gasteiger partial charge in [-0.3, -0.25) is 23.9 Å². The number of hydrogen-bond acceptors (Lipinski definition) is 7. The molecule has 13 heteroatoms. The van der Waals surface area contributed by atoms with E-state index in [0.29, 0.717) is 9.21 Å². The first kappa shape index (κ1) is 27.6. The van der Waals surface area contributed by atoms with Crippen molar-refractivity contribution in [2.45, 2.75) is 18.5 Å². The van der Waals surface area contributed by atoms with Crippen LogP contribution in [0.1, 0.15) is 16.1 Å². The van der Waals surface area contributed by atoms with E-state index in [4.69, 9.17) is 11.6 Å². The molecule has 182 valence electrons. The van der Waals surface area contributed by atoms with Crippen molar-refractivity contribution < 1.29 is 42.7 Å². The Bertz CT molecular complexity index is 1350. The Labute approximate surface area is 226 Å². The fourth-order valence-electron chi connectivity index (χ4n) is 3.93. The smallest absolute Gasteiger partial charge is 0.549 e. The van der Waals surface area contributed by atoms with Crippen LogP contribution >= 0.6 is 22.9 Å². The van der Waals surface area contributed by atoms with Crippen LogP contribution in [0.3, 0.4) is 0 Å². The molecule has 1 fully saturated rings. The number of amides is 2. The minimum atomic E-state index is -1.39. The van der Waals surface area contributed by atoms with Crippen molar-refractivity contribution in [1.29, 1.82) is 0 Å². The van der Waals surface area contributed by atoms with Crippen molar-refractivity contribution in [3.05, 3.63) is 80.1 Å². The van der Waals surface area contributed by atoms with Gasteiger partial charge in [0.1, 0.15) is 5.82 Å². The summed E-state index contributed by atoms with van der Waals surface area (Å²) in [7, 11) is 0. The number of carboxylic acid groups (broad SMARTS) is 1. The van der Waals surface area contributed by atoms with Gasteiger partial charge in [0.05, 0.1) is 32.6 Å². The first-order valence-electron chi connectivity index (χ1n) is 10.5. The maximum atomic E-state index is 14.7. The van der Waals surface area contributed by atoms with Gasteiger partial charge >= 0.3 is 18.9 Å². The van der Waals surface area contributed by atoms with Crippen LogP contribution in [-0.4, -0.2) is 52.4 Å². The van der Waals surface area contributed by atoms with Crippen molar-refractivity contribution in [2.75, 3.05) is 18.4 Å². The summed E-state index contributed by atoms with van der Waals surface area (Å²) in [6, 6.07) is 10.1. The summed E-state index contributed by atoms with van der Waals surface area (Å²) >= 11 is 6.96. The Balaban J connectivity index is 0.00000361. The summed E-state index contributed by atoms with van der Waals surface area (Å²) in [5.74, 6) is -3.18. The number of aromatic nitrogens is 1. The molecule has 1 aliphatic heterocycles. The van der Waals surface area contributed by atoms with Gasteiger partial charge in [0.25, 0.3) is 11.5 Å². The van der Waals surface area contributed by atoms with Crippen molar-refractivity contribution in [2.24, 2.45) is 0 Å². The number of likely N-dealkylation sites (tertiary alicyclic amines) is 1. The minimum absolute atomic E-state index is 0. The predicted molar refractivity (Wildman–Crippen MR) is 126 cm³/mol. The molecular weight excluding hydrogens is 506 g/mol. The summed E-state index contributed by atoms with van der Waals surface area (Å²) in [4.78, 5) is 50.3. The molecule has 0 aliphatic carbocycles. The molecule has 0 spiro atoms. The molecule has 1 unspecified atom stereocenters. The zero-order chi connectivity index (χ0) is 25.1. The average molecular weight is 525 g/mol. The maximum Gasteiger partial charge on any atom is 1.00 e. The Kier molecular flexibility index (Phi) is 9.11. The second-order valence-corrected chi connectivity index (χ2v) is 9.60. The van der Waals surface area contributed by atoms with Crippen LogP contribution in [0.15, 0.2) is 59.5 Å². The van der Waals surface area contributed by atoms with Crippen molar-refractivity contribution in [3.63, 3.8) is 0 Å². The summed E-state index contributed by atoms with van der Waals surface area (Å²) in [6.45, 7) is -0.442. The molecule has 1 aromatic carbocycles. The molecule has 2 N–H and O–H groups in total. The number of carbonyl (C=O) groups is 3. The zero-order valence-electron chi connectivity index (χ0n) is 19.1. The molecule has 2 aromatic heterocycles. The molecule has 3 heterocycles. The van der Waals surface area contributed by atoms with Gasteiger partial charge < -0.3 is 20.5 Å². The van der Waals surface area contributed by atoms with Crippen LogP contribution in [0.5, 0.6) is 0 Å². The molecule has 0 radical (unpaired) electrons. The van der Waals surface area contributed by atoms with E-state index in [1.807, 2.05) is 0 Å². The number of carboxylic acids is 1. The molecule has 9 nitrogen and oxygen atoms in total. The van der Waals surface area contributed by atoms with Crippen molar-refractivity contribution >= 4 is 46.4 Å². The normalized spacial score (nSPS) is 17.3. The van der Waals surface area contributed by atoms with Crippen LogP contribution in [0.25, 0.3) is 5.69 Å². The minimum Gasteiger partial charge on any atom is -0.549 e. The van der Waals surface area contributed by atoms with Crippen molar-refractivity contribution in [1.82, 2.24) is 14.8 Å².